The maximum absolute atomic E-state index is 10.9. The normalized spacial score (nSPS) is 15.2. The summed E-state index contributed by atoms with van der Waals surface area (Å²) in [6, 6.07) is 0. The zero-order valence-electron chi connectivity index (χ0n) is 9.02. The Morgan fingerprint density at radius 3 is 2.17 bits per heavy atom. The molecule has 74 valence electrons. The lowest BCUT2D eigenvalue weighted by molar-refractivity contribution is 0.279. The van der Waals surface area contributed by atoms with Crippen molar-refractivity contribution in [3.05, 3.63) is 0 Å². The first-order valence-electron chi connectivity index (χ1n) is 4.63. The Bertz CT molecular complexity index is 150. The Morgan fingerprint density at radius 1 is 1.33 bits per heavy atom. The third-order valence-electron chi connectivity index (χ3n) is 2.03. The number of hydrogen-bond acceptors (Lipinski definition) is 1. The Balaban J connectivity index is 3.78. The monoisotopic (exact) mass is 190 g/mol. The van der Waals surface area contributed by atoms with E-state index in [0.717, 1.165) is 18.1 Å². The second-order valence-corrected chi connectivity index (χ2v) is 6.34. The molecule has 0 spiro atoms. The molecule has 0 aliphatic heterocycles. The molecule has 0 aliphatic rings. The van der Waals surface area contributed by atoms with Crippen molar-refractivity contribution in [3.63, 3.8) is 0 Å². The van der Waals surface area contributed by atoms with Crippen LogP contribution in [0.5, 0.6) is 0 Å². The number of hydrogen-bond donors (Lipinski definition) is 0. The van der Waals surface area contributed by atoms with Crippen LogP contribution in [0.15, 0.2) is 0 Å². The van der Waals surface area contributed by atoms with Crippen molar-refractivity contribution < 1.29 is 4.21 Å². The van der Waals surface area contributed by atoms with Gasteiger partial charge in [0.1, 0.15) is 0 Å². The van der Waals surface area contributed by atoms with Crippen LogP contribution in [0.1, 0.15) is 40.5 Å². The van der Waals surface area contributed by atoms with E-state index in [1.54, 1.807) is 6.26 Å². The molecule has 0 aliphatic carbocycles. The molecule has 0 heterocycles. The van der Waals surface area contributed by atoms with Crippen molar-refractivity contribution >= 4 is 10.8 Å². The Morgan fingerprint density at radius 2 is 1.83 bits per heavy atom. The Kier molecular flexibility index (Phi) is 5.07. The van der Waals surface area contributed by atoms with Gasteiger partial charge in [-0.25, -0.2) is 0 Å². The summed E-state index contributed by atoms with van der Waals surface area (Å²) in [7, 11) is -0.627. The van der Waals surface area contributed by atoms with Crippen LogP contribution in [0.25, 0.3) is 0 Å². The van der Waals surface area contributed by atoms with Gasteiger partial charge in [0.2, 0.25) is 0 Å². The molecular formula is C10H22OS. The molecule has 2 heteroatoms. The van der Waals surface area contributed by atoms with Crippen LogP contribution in [0.4, 0.5) is 0 Å². The molecule has 1 atom stereocenters. The summed E-state index contributed by atoms with van der Waals surface area (Å²) in [4.78, 5) is 0. The minimum Gasteiger partial charge on any atom is -0.260 e. The average Bonchev–Trinajstić information content (AvgIpc) is 1.81. The number of rotatable bonds is 5. The topological polar surface area (TPSA) is 17.1 Å². The molecule has 0 aromatic rings. The summed E-state index contributed by atoms with van der Waals surface area (Å²) >= 11 is 0. The van der Waals surface area contributed by atoms with E-state index >= 15 is 0 Å². The van der Waals surface area contributed by atoms with Gasteiger partial charge in [-0.3, -0.25) is 4.21 Å². The zero-order chi connectivity index (χ0) is 9.78. The molecule has 0 amide bonds. The summed E-state index contributed by atoms with van der Waals surface area (Å²) < 4.78 is 10.9. The summed E-state index contributed by atoms with van der Waals surface area (Å²) in [5.74, 6) is 1.59. The van der Waals surface area contributed by atoms with Crippen molar-refractivity contribution in [2.45, 2.75) is 40.5 Å². The fourth-order valence-electron chi connectivity index (χ4n) is 1.63. The third kappa shape index (κ3) is 6.84. The lowest BCUT2D eigenvalue weighted by Gasteiger charge is -2.26. The molecule has 0 aromatic heterocycles. The lowest BCUT2D eigenvalue weighted by Crippen LogP contribution is -2.17. The van der Waals surface area contributed by atoms with Gasteiger partial charge in [-0.2, -0.15) is 0 Å². The van der Waals surface area contributed by atoms with Crippen LogP contribution < -0.4 is 0 Å². The molecule has 0 saturated carbocycles. The molecule has 12 heavy (non-hydrogen) atoms. The van der Waals surface area contributed by atoms with Gasteiger partial charge < -0.3 is 0 Å². The van der Waals surface area contributed by atoms with Crippen LogP contribution in [0, 0.1) is 11.3 Å². The van der Waals surface area contributed by atoms with Crippen LogP contribution in [0.2, 0.25) is 0 Å². The van der Waals surface area contributed by atoms with Crippen molar-refractivity contribution in [1.82, 2.24) is 0 Å². The zero-order valence-corrected chi connectivity index (χ0v) is 9.83. The molecule has 0 aromatic carbocycles. The van der Waals surface area contributed by atoms with Crippen molar-refractivity contribution in [3.8, 4) is 0 Å². The predicted octanol–water partition coefficient (Wildman–Crippen LogP) is 2.83. The molecule has 0 N–H and O–H groups in total. The van der Waals surface area contributed by atoms with E-state index in [2.05, 4.69) is 27.7 Å². The van der Waals surface area contributed by atoms with Crippen LogP contribution in [0.3, 0.4) is 0 Å². The van der Waals surface area contributed by atoms with E-state index in [1.165, 1.54) is 6.42 Å². The quantitative estimate of drug-likeness (QED) is 0.651. The second-order valence-electron chi connectivity index (χ2n) is 4.79. The third-order valence-corrected chi connectivity index (χ3v) is 2.81. The maximum Gasteiger partial charge on any atom is 0.0237 e. The summed E-state index contributed by atoms with van der Waals surface area (Å²) in [5, 5.41) is 0. The average molecular weight is 190 g/mol. The Hall–Kier alpha value is 0.150. The molecule has 0 radical (unpaired) electrons. The van der Waals surface area contributed by atoms with Crippen molar-refractivity contribution in [1.29, 1.82) is 0 Å². The SMILES string of the molecule is CC(C)CC(C)(C)CC[S@@](C)=O. The Labute approximate surface area is 79.4 Å². The molecule has 0 unspecified atom stereocenters. The van der Waals surface area contributed by atoms with Gasteiger partial charge in [-0.05, 0) is 24.2 Å². The molecule has 0 rings (SSSR count). The van der Waals surface area contributed by atoms with Gasteiger partial charge in [0.05, 0.1) is 0 Å². The first-order chi connectivity index (χ1) is 5.33. The molecule has 0 saturated heterocycles. The minimum atomic E-state index is -0.627. The lowest BCUT2D eigenvalue weighted by atomic mass is 9.82. The van der Waals surface area contributed by atoms with Crippen LogP contribution >= 0.6 is 0 Å². The van der Waals surface area contributed by atoms with Gasteiger partial charge in [0.25, 0.3) is 0 Å². The highest BCUT2D eigenvalue weighted by Gasteiger charge is 2.19. The van der Waals surface area contributed by atoms with Gasteiger partial charge in [-0.15, -0.1) is 0 Å². The minimum absolute atomic E-state index is 0.361. The van der Waals surface area contributed by atoms with E-state index in [1.807, 2.05) is 0 Å². The standard InChI is InChI=1S/C10H22OS/c1-9(2)8-10(3,4)6-7-12(5)11/h9H,6-8H2,1-5H3/t12-/m1/s1. The van der Waals surface area contributed by atoms with E-state index in [-0.39, 0.29) is 0 Å². The summed E-state index contributed by atoms with van der Waals surface area (Å²) in [5.41, 5.74) is 0.361. The highest BCUT2D eigenvalue weighted by molar-refractivity contribution is 7.84. The first kappa shape index (κ1) is 12.2. The predicted molar refractivity (Wildman–Crippen MR) is 56.8 cm³/mol. The summed E-state index contributed by atoms with van der Waals surface area (Å²) in [6.45, 7) is 9.01. The largest absolute Gasteiger partial charge is 0.260 e. The van der Waals surface area contributed by atoms with Crippen molar-refractivity contribution in [2.75, 3.05) is 12.0 Å². The molecule has 1 nitrogen and oxygen atoms in total. The van der Waals surface area contributed by atoms with Gasteiger partial charge in [0.15, 0.2) is 0 Å². The first-order valence-corrected chi connectivity index (χ1v) is 6.36. The van der Waals surface area contributed by atoms with Gasteiger partial charge in [0, 0.05) is 22.8 Å². The smallest absolute Gasteiger partial charge is 0.0237 e. The fraction of sp³-hybridized carbons (Fsp3) is 1.00. The van der Waals surface area contributed by atoms with Gasteiger partial charge in [-0.1, -0.05) is 27.7 Å². The molecule has 0 fully saturated rings. The van der Waals surface area contributed by atoms with Crippen molar-refractivity contribution in [2.24, 2.45) is 11.3 Å². The molecule has 0 bridgehead atoms. The fourth-order valence-corrected chi connectivity index (χ4v) is 2.47. The highest BCUT2D eigenvalue weighted by atomic mass is 32.2. The summed E-state index contributed by atoms with van der Waals surface area (Å²) in [6.07, 6.45) is 4.09. The van der Waals surface area contributed by atoms with E-state index in [9.17, 15) is 4.21 Å². The van der Waals surface area contributed by atoms with Crippen LogP contribution in [-0.2, 0) is 10.8 Å². The molecular weight excluding hydrogens is 168 g/mol. The van der Waals surface area contributed by atoms with Crippen LogP contribution in [-0.4, -0.2) is 16.2 Å². The second kappa shape index (κ2) is 5.00. The van der Waals surface area contributed by atoms with E-state index in [0.29, 0.717) is 5.41 Å². The van der Waals surface area contributed by atoms with E-state index < -0.39 is 10.8 Å². The van der Waals surface area contributed by atoms with E-state index in [4.69, 9.17) is 0 Å². The van der Waals surface area contributed by atoms with Gasteiger partial charge >= 0.3 is 0 Å². The highest BCUT2D eigenvalue weighted by Crippen LogP contribution is 2.28. The maximum atomic E-state index is 10.9.